The average molecular weight is 267 g/mol. The molecule has 1 aliphatic heterocycles. The lowest BCUT2D eigenvalue weighted by atomic mass is 10.1. The van der Waals surface area contributed by atoms with Crippen LogP contribution in [-0.2, 0) is 17.6 Å². The maximum absolute atomic E-state index is 12.1. The van der Waals surface area contributed by atoms with Gasteiger partial charge in [0.1, 0.15) is 5.75 Å². The van der Waals surface area contributed by atoms with Crippen molar-refractivity contribution in [3.63, 3.8) is 0 Å². The van der Waals surface area contributed by atoms with Gasteiger partial charge < -0.3 is 10.1 Å². The molecule has 0 aliphatic carbocycles. The molecule has 2 aromatic rings. The van der Waals surface area contributed by atoms with E-state index in [0.717, 1.165) is 30.0 Å². The highest BCUT2D eigenvalue weighted by molar-refractivity contribution is 5.92. The van der Waals surface area contributed by atoms with Crippen molar-refractivity contribution in [2.75, 3.05) is 11.9 Å². The molecule has 102 valence electrons. The molecular weight excluding hydrogens is 250 g/mol. The zero-order valence-electron chi connectivity index (χ0n) is 11.5. The molecule has 1 N–H and O–H groups in total. The fourth-order valence-corrected chi connectivity index (χ4v) is 2.48. The van der Waals surface area contributed by atoms with Gasteiger partial charge in [0, 0.05) is 12.1 Å². The minimum atomic E-state index is 0.00876. The van der Waals surface area contributed by atoms with E-state index in [4.69, 9.17) is 4.74 Å². The Balaban J connectivity index is 1.67. The van der Waals surface area contributed by atoms with Crippen LogP contribution in [0.15, 0.2) is 42.5 Å². The van der Waals surface area contributed by atoms with Crippen LogP contribution in [0.3, 0.4) is 0 Å². The highest BCUT2D eigenvalue weighted by Gasteiger charge is 2.13. The van der Waals surface area contributed by atoms with Gasteiger partial charge in [-0.2, -0.15) is 0 Å². The molecule has 0 aromatic heterocycles. The van der Waals surface area contributed by atoms with Gasteiger partial charge in [0.25, 0.3) is 0 Å². The summed E-state index contributed by atoms with van der Waals surface area (Å²) in [6.07, 6.45) is 1.31. The Hall–Kier alpha value is -2.29. The monoisotopic (exact) mass is 267 g/mol. The van der Waals surface area contributed by atoms with Gasteiger partial charge in [-0.3, -0.25) is 4.79 Å². The van der Waals surface area contributed by atoms with Crippen LogP contribution in [-0.4, -0.2) is 12.5 Å². The molecule has 0 fully saturated rings. The van der Waals surface area contributed by atoms with E-state index in [-0.39, 0.29) is 5.91 Å². The second-order valence-corrected chi connectivity index (χ2v) is 5.13. The summed E-state index contributed by atoms with van der Waals surface area (Å²) in [5.74, 6) is 0.941. The number of nitrogens with one attached hydrogen (secondary N) is 1. The van der Waals surface area contributed by atoms with Crippen LogP contribution in [0.1, 0.15) is 16.7 Å². The van der Waals surface area contributed by atoms with Crippen LogP contribution >= 0.6 is 0 Å². The lowest BCUT2D eigenvalue weighted by molar-refractivity contribution is -0.115. The maximum atomic E-state index is 12.1. The number of fused-ring (bicyclic) bond motifs is 1. The zero-order chi connectivity index (χ0) is 13.9. The number of anilines is 1. The van der Waals surface area contributed by atoms with Crippen molar-refractivity contribution in [2.24, 2.45) is 0 Å². The molecule has 3 rings (SSSR count). The largest absolute Gasteiger partial charge is 0.493 e. The molecule has 0 saturated heterocycles. The molecule has 0 saturated carbocycles. The fraction of sp³-hybridized carbons (Fsp3) is 0.235. The molecule has 3 nitrogen and oxygen atoms in total. The van der Waals surface area contributed by atoms with E-state index in [0.29, 0.717) is 6.42 Å². The van der Waals surface area contributed by atoms with Crippen molar-refractivity contribution in [1.29, 1.82) is 0 Å². The van der Waals surface area contributed by atoms with E-state index in [1.54, 1.807) is 0 Å². The van der Waals surface area contributed by atoms with Crippen molar-refractivity contribution in [3.8, 4) is 5.75 Å². The highest BCUT2D eigenvalue weighted by atomic mass is 16.5. The molecule has 2 aromatic carbocycles. The fourth-order valence-electron chi connectivity index (χ4n) is 2.48. The molecule has 0 spiro atoms. The summed E-state index contributed by atoms with van der Waals surface area (Å²) in [5, 5.41) is 2.95. The van der Waals surface area contributed by atoms with Gasteiger partial charge >= 0.3 is 0 Å². The van der Waals surface area contributed by atoms with Crippen LogP contribution < -0.4 is 10.1 Å². The van der Waals surface area contributed by atoms with Crippen molar-refractivity contribution in [3.05, 3.63) is 59.2 Å². The molecule has 0 unspecified atom stereocenters. The van der Waals surface area contributed by atoms with Gasteiger partial charge in [0.2, 0.25) is 5.91 Å². The number of hydrogen-bond acceptors (Lipinski definition) is 2. The summed E-state index contributed by atoms with van der Waals surface area (Å²) in [6.45, 7) is 2.76. The summed E-state index contributed by atoms with van der Waals surface area (Å²) in [7, 11) is 0. The quantitative estimate of drug-likeness (QED) is 0.928. The molecule has 0 bridgehead atoms. The van der Waals surface area contributed by atoms with Crippen LogP contribution in [0.4, 0.5) is 5.69 Å². The number of rotatable bonds is 3. The van der Waals surface area contributed by atoms with E-state index in [9.17, 15) is 4.79 Å². The Morgan fingerprint density at radius 3 is 3.00 bits per heavy atom. The summed E-state index contributed by atoms with van der Waals surface area (Å²) < 4.78 is 5.45. The van der Waals surface area contributed by atoms with Crippen molar-refractivity contribution in [2.45, 2.75) is 19.8 Å². The lowest BCUT2D eigenvalue weighted by Crippen LogP contribution is -2.14. The van der Waals surface area contributed by atoms with E-state index < -0.39 is 0 Å². The van der Waals surface area contributed by atoms with Gasteiger partial charge in [-0.15, -0.1) is 0 Å². The number of carbonyl (C=O) groups excluding carboxylic acids is 1. The minimum absolute atomic E-state index is 0.00876. The Bertz CT molecular complexity index is 649. The lowest BCUT2D eigenvalue weighted by Gasteiger charge is -2.07. The molecule has 0 radical (unpaired) electrons. The highest BCUT2D eigenvalue weighted by Crippen LogP contribution is 2.27. The van der Waals surface area contributed by atoms with Crippen molar-refractivity contribution >= 4 is 11.6 Å². The number of carbonyl (C=O) groups is 1. The third-order valence-electron chi connectivity index (χ3n) is 3.42. The number of hydrogen-bond donors (Lipinski definition) is 1. The smallest absolute Gasteiger partial charge is 0.228 e. The van der Waals surface area contributed by atoms with Crippen LogP contribution in [0.2, 0.25) is 0 Å². The normalized spacial score (nSPS) is 12.7. The summed E-state index contributed by atoms with van der Waals surface area (Å²) in [6, 6.07) is 13.8. The minimum Gasteiger partial charge on any atom is -0.493 e. The van der Waals surface area contributed by atoms with Gasteiger partial charge in [-0.1, -0.05) is 29.8 Å². The number of aryl methyl sites for hydroxylation is 1. The van der Waals surface area contributed by atoms with Crippen LogP contribution in [0.25, 0.3) is 0 Å². The summed E-state index contributed by atoms with van der Waals surface area (Å²) in [5.41, 5.74) is 4.21. The van der Waals surface area contributed by atoms with E-state index in [2.05, 4.69) is 5.32 Å². The van der Waals surface area contributed by atoms with Gasteiger partial charge in [0.05, 0.1) is 13.0 Å². The number of ether oxygens (including phenoxy) is 1. The maximum Gasteiger partial charge on any atom is 0.228 e. The summed E-state index contributed by atoms with van der Waals surface area (Å²) >= 11 is 0. The standard InChI is InChI=1S/C17H17NO2/c1-12-3-2-4-13(9-12)10-17(19)18-15-5-6-16-14(11-15)7-8-20-16/h2-6,9,11H,7-8,10H2,1H3,(H,18,19). The molecule has 1 heterocycles. The first-order valence-electron chi connectivity index (χ1n) is 6.82. The molecule has 0 atom stereocenters. The molecule has 20 heavy (non-hydrogen) atoms. The molecule has 3 heteroatoms. The second-order valence-electron chi connectivity index (χ2n) is 5.13. The molecule has 1 amide bonds. The van der Waals surface area contributed by atoms with Gasteiger partial charge in [-0.25, -0.2) is 0 Å². The predicted octanol–water partition coefficient (Wildman–Crippen LogP) is 3.11. The van der Waals surface area contributed by atoms with E-state index in [1.165, 1.54) is 11.1 Å². The predicted molar refractivity (Wildman–Crippen MR) is 79.2 cm³/mol. The van der Waals surface area contributed by atoms with Gasteiger partial charge in [-0.05, 0) is 36.2 Å². The van der Waals surface area contributed by atoms with Gasteiger partial charge in [0.15, 0.2) is 0 Å². The van der Waals surface area contributed by atoms with E-state index in [1.807, 2.05) is 49.4 Å². The third kappa shape index (κ3) is 2.82. The first-order chi connectivity index (χ1) is 9.70. The summed E-state index contributed by atoms with van der Waals surface area (Å²) in [4.78, 5) is 12.1. The van der Waals surface area contributed by atoms with Crippen molar-refractivity contribution in [1.82, 2.24) is 0 Å². The topological polar surface area (TPSA) is 38.3 Å². The van der Waals surface area contributed by atoms with Crippen LogP contribution in [0, 0.1) is 6.92 Å². The SMILES string of the molecule is Cc1cccc(CC(=O)Nc2ccc3c(c2)CCO3)c1. The number of benzene rings is 2. The zero-order valence-corrected chi connectivity index (χ0v) is 11.5. The Labute approximate surface area is 118 Å². The molecule has 1 aliphatic rings. The van der Waals surface area contributed by atoms with E-state index >= 15 is 0 Å². The van der Waals surface area contributed by atoms with Crippen molar-refractivity contribution < 1.29 is 9.53 Å². The Kier molecular flexibility index (Phi) is 3.42. The Morgan fingerprint density at radius 2 is 2.15 bits per heavy atom. The Morgan fingerprint density at radius 1 is 1.25 bits per heavy atom. The number of amides is 1. The third-order valence-corrected chi connectivity index (χ3v) is 3.42. The first kappa shape index (κ1) is 12.7. The average Bonchev–Trinajstić information content (AvgIpc) is 2.86. The van der Waals surface area contributed by atoms with Crippen LogP contribution in [0.5, 0.6) is 5.75 Å². The first-order valence-corrected chi connectivity index (χ1v) is 6.82. The second kappa shape index (κ2) is 5.37. The molecular formula is C17H17NO2.